The lowest BCUT2D eigenvalue weighted by molar-refractivity contribution is -0.124. The van der Waals surface area contributed by atoms with Crippen molar-refractivity contribution < 1.29 is 18.7 Å². The lowest BCUT2D eigenvalue weighted by Gasteiger charge is -2.21. The Hall–Kier alpha value is -3.21. The number of methoxy groups -OCH3 is 1. The molecule has 0 amide bonds. The molecule has 4 nitrogen and oxygen atoms in total. The third-order valence-corrected chi connectivity index (χ3v) is 4.12. The molecule has 27 heavy (non-hydrogen) atoms. The molecule has 0 aliphatic rings. The van der Waals surface area contributed by atoms with Crippen LogP contribution in [0.5, 0.6) is 5.75 Å². The lowest BCUT2D eigenvalue weighted by atomic mass is 9.88. The van der Waals surface area contributed by atoms with Crippen LogP contribution in [0.3, 0.4) is 0 Å². The van der Waals surface area contributed by atoms with Crippen LogP contribution in [0.4, 0.5) is 10.1 Å². The quantitative estimate of drug-likeness (QED) is 0.522. The zero-order valence-electron chi connectivity index (χ0n) is 15.6. The van der Waals surface area contributed by atoms with Gasteiger partial charge < -0.3 is 9.64 Å². The van der Waals surface area contributed by atoms with E-state index in [0.717, 1.165) is 11.8 Å². The summed E-state index contributed by atoms with van der Waals surface area (Å²) in [5.41, 5.74) is 1.77. The van der Waals surface area contributed by atoms with E-state index in [-0.39, 0.29) is 0 Å². The number of rotatable bonds is 8. The normalized spacial score (nSPS) is 11.9. The van der Waals surface area contributed by atoms with Crippen LogP contribution in [0.25, 0.3) is 6.08 Å². The summed E-state index contributed by atoms with van der Waals surface area (Å²) in [6, 6.07) is 11.2. The summed E-state index contributed by atoms with van der Waals surface area (Å²) in [5.74, 6) is -1.84. The van der Waals surface area contributed by atoms with Crippen molar-refractivity contribution in [2.75, 3.05) is 26.1 Å². The van der Waals surface area contributed by atoms with Gasteiger partial charge in [0.25, 0.3) is 0 Å². The van der Waals surface area contributed by atoms with Gasteiger partial charge in [-0.3, -0.25) is 9.59 Å². The second kappa shape index (κ2) is 8.94. The van der Waals surface area contributed by atoms with Gasteiger partial charge in [0, 0.05) is 25.3 Å². The number of para-hydroxylation sites is 1. The summed E-state index contributed by atoms with van der Waals surface area (Å²) in [6.45, 7) is 3.51. The fourth-order valence-corrected chi connectivity index (χ4v) is 2.81. The van der Waals surface area contributed by atoms with Crippen LogP contribution in [0, 0.1) is 5.82 Å². The number of carbonyl (C=O) groups excluding carboxylic acids is 2. The van der Waals surface area contributed by atoms with E-state index in [2.05, 4.69) is 6.58 Å². The van der Waals surface area contributed by atoms with Crippen molar-refractivity contribution in [1.29, 1.82) is 0 Å². The van der Waals surface area contributed by atoms with Gasteiger partial charge in [0.05, 0.1) is 7.11 Å². The van der Waals surface area contributed by atoms with Gasteiger partial charge in [-0.05, 0) is 48.1 Å². The maximum absolute atomic E-state index is 13.5. The van der Waals surface area contributed by atoms with E-state index in [1.807, 2.05) is 31.1 Å². The third kappa shape index (κ3) is 4.70. The zero-order chi connectivity index (χ0) is 20.0. The second-order valence-electron chi connectivity index (χ2n) is 6.11. The third-order valence-electron chi connectivity index (χ3n) is 4.12. The molecule has 0 radical (unpaired) electrons. The number of hydrogen-bond donors (Lipinski definition) is 0. The van der Waals surface area contributed by atoms with Crippen molar-refractivity contribution >= 4 is 23.3 Å². The standard InChI is InChI=1S/C22H22FNO3/c1-5-19(25)22(17-8-6-7-9-18(17)24(2)3)20(26)12-10-15-14-16(23)11-13-21(15)27-4/h5-14,22H,1H2,2-4H3. The molecule has 0 heterocycles. The van der Waals surface area contributed by atoms with E-state index >= 15 is 0 Å². The van der Waals surface area contributed by atoms with Gasteiger partial charge in [-0.2, -0.15) is 0 Å². The predicted molar refractivity (Wildman–Crippen MR) is 106 cm³/mol. The van der Waals surface area contributed by atoms with Gasteiger partial charge in [0.2, 0.25) is 0 Å². The predicted octanol–water partition coefficient (Wildman–Crippen LogP) is 4.02. The summed E-state index contributed by atoms with van der Waals surface area (Å²) in [5, 5.41) is 0. The molecule has 140 valence electrons. The van der Waals surface area contributed by atoms with Gasteiger partial charge in [-0.1, -0.05) is 24.8 Å². The molecule has 0 aliphatic carbocycles. The van der Waals surface area contributed by atoms with E-state index < -0.39 is 23.3 Å². The van der Waals surface area contributed by atoms with Crippen molar-refractivity contribution in [2.24, 2.45) is 0 Å². The smallest absolute Gasteiger partial charge is 0.171 e. The lowest BCUT2D eigenvalue weighted by Crippen LogP contribution is -2.22. The number of halogens is 1. The van der Waals surface area contributed by atoms with Crippen molar-refractivity contribution in [1.82, 2.24) is 0 Å². The molecule has 1 atom stereocenters. The Bertz CT molecular complexity index is 887. The van der Waals surface area contributed by atoms with E-state index in [9.17, 15) is 14.0 Å². The Morgan fingerprint density at radius 2 is 1.85 bits per heavy atom. The Balaban J connectivity index is 2.44. The molecule has 5 heteroatoms. The Morgan fingerprint density at radius 3 is 2.48 bits per heavy atom. The molecule has 0 N–H and O–H groups in total. The molecular weight excluding hydrogens is 345 g/mol. The zero-order valence-corrected chi connectivity index (χ0v) is 15.6. The number of benzene rings is 2. The monoisotopic (exact) mass is 367 g/mol. The Labute approximate surface area is 158 Å². The fraction of sp³-hybridized carbons (Fsp3) is 0.182. The summed E-state index contributed by atoms with van der Waals surface area (Å²) < 4.78 is 18.7. The molecule has 2 rings (SSSR count). The summed E-state index contributed by atoms with van der Waals surface area (Å²) in [6.07, 6.45) is 3.87. The largest absolute Gasteiger partial charge is 0.496 e. The summed E-state index contributed by atoms with van der Waals surface area (Å²) in [4.78, 5) is 27.1. The molecule has 2 aromatic rings. The molecule has 0 bridgehead atoms. The summed E-state index contributed by atoms with van der Waals surface area (Å²) in [7, 11) is 5.14. The first kappa shape index (κ1) is 20.1. The SMILES string of the molecule is C=CC(=O)C(C(=O)C=Cc1cc(F)ccc1OC)c1ccccc1N(C)C. The Morgan fingerprint density at radius 1 is 1.15 bits per heavy atom. The highest BCUT2D eigenvalue weighted by atomic mass is 19.1. The first-order valence-electron chi connectivity index (χ1n) is 8.37. The van der Waals surface area contributed by atoms with Crippen molar-refractivity contribution in [3.8, 4) is 5.75 Å². The molecule has 0 saturated carbocycles. The molecule has 0 aliphatic heterocycles. The van der Waals surface area contributed by atoms with Gasteiger partial charge in [-0.15, -0.1) is 0 Å². The van der Waals surface area contributed by atoms with Crippen molar-refractivity contribution in [3.05, 3.63) is 78.1 Å². The fourth-order valence-electron chi connectivity index (χ4n) is 2.81. The highest BCUT2D eigenvalue weighted by molar-refractivity contribution is 6.17. The van der Waals surface area contributed by atoms with Crippen LogP contribution in [-0.4, -0.2) is 32.8 Å². The highest BCUT2D eigenvalue weighted by Gasteiger charge is 2.27. The average Bonchev–Trinajstić information content (AvgIpc) is 2.66. The van der Waals surface area contributed by atoms with Gasteiger partial charge >= 0.3 is 0 Å². The minimum Gasteiger partial charge on any atom is -0.496 e. The van der Waals surface area contributed by atoms with Crippen LogP contribution < -0.4 is 9.64 Å². The van der Waals surface area contributed by atoms with E-state index in [1.165, 1.54) is 37.5 Å². The second-order valence-corrected chi connectivity index (χ2v) is 6.11. The van der Waals surface area contributed by atoms with Gasteiger partial charge in [0.15, 0.2) is 11.6 Å². The summed E-state index contributed by atoms with van der Waals surface area (Å²) >= 11 is 0. The number of carbonyl (C=O) groups is 2. The highest BCUT2D eigenvalue weighted by Crippen LogP contribution is 2.29. The molecule has 1 unspecified atom stereocenters. The molecule has 0 saturated heterocycles. The molecule has 0 fully saturated rings. The molecule has 0 spiro atoms. The van der Waals surface area contributed by atoms with Crippen LogP contribution >= 0.6 is 0 Å². The first-order valence-corrected chi connectivity index (χ1v) is 8.37. The number of ketones is 2. The van der Waals surface area contributed by atoms with E-state index in [4.69, 9.17) is 4.74 Å². The van der Waals surface area contributed by atoms with Crippen LogP contribution in [0.15, 0.2) is 61.2 Å². The maximum Gasteiger partial charge on any atom is 0.171 e. The molecule has 0 aromatic heterocycles. The number of allylic oxidation sites excluding steroid dienone is 2. The van der Waals surface area contributed by atoms with Gasteiger partial charge in [-0.25, -0.2) is 4.39 Å². The molecule has 2 aromatic carbocycles. The van der Waals surface area contributed by atoms with Gasteiger partial charge in [0.1, 0.15) is 17.5 Å². The van der Waals surface area contributed by atoms with Crippen LogP contribution in [0.2, 0.25) is 0 Å². The minimum atomic E-state index is -1.02. The van der Waals surface area contributed by atoms with Crippen molar-refractivity contribution in [2.45, 2.75) is 5.92 Å². The van der Waals surface area contributed by atoms with Crippen molar-refractivity contribution in [3.63, 3.8) is 0 Å². The first-order chi connectivity index (χ1) is 12.9. The average molecular weight is 367 g/mol. The maximum atomic E-state index is 13.5. The number of ether oxygens (including phenoxy) is 1. The molecular formula is C22H22FNO3. The van der Waals surface area contributed by atoms with E-state index in [1.54, 1.807) is 12.1 Å². The number of anilines is 1. The topological polar surface area (TPSA) is 46.6 Å². The number of hydrogen-bond acceptors (Lipinski definition) is 4. The van der Waals surface area contributed by atoms with Crippen LogP contribution in [0.1, 0.15) is 17.0 Å². The minimum absolute atomic E-state index is 0.398. The number of nitrogens with zero attached hydrogens (tertiary/aromatic N) is 1. The Kier molecular flexibility index (Phi) is 6.66. The van der Waals surface area contributed by atoms with E-state index in [0.29, 0.717) is 16.9 Å². The van der Waals surface area contributed by atoms with Crippen LogP contribution in [-0.2, 0) is 9.59 Å².